The monoisotopic (exact) mass is 343 g/mol. The number of hydrogen-bond donors (Lipinski definition) is 0. The number of nitrogens with zero attached hydrogens (tertiary/aromatic N) is 1. The zero-order valence-corrected chi connectivity index (χ0v) is 12.3. The van der Waals surface area contributed by atoms with Gasteiger partial charge in [-0.25, -0.2) is 4.79 Å². The molecule has 0 aliphatic rings. The van der Waals surface area contributed by atoms with Crippen molar-refractivity contribution >= 4 is 40.8 Å². The molecule has 0 aliphatic carbocycles. The van der Waals surface area contributed by atoms with Crippen LogP contribution >= 0.6 is 23.2 Å². The second-order valence-electron chi connectivity index (χ2n) is 4.02. The molecule has 0 atom stereocenters. The van der Waals surface area contributed by atoms with Crippen molar-refractivity contribution in [3.63, 3.8) is 0 Å². The van der Waals surface area contributed by atoms with Crippen LogP contribution in [0.15, 0.2) is 34.7 Å². The summed E-state index contributed by atoms with van der Waals surface area (Å²) in [6.45, 7) is -0.564. The lowest BCUT2D eigenvalue weighted by molar-refractivity contribution is -0.402. The summed E-state index contributed by atoms with van der Waals surface area (Å²) in [5.74, 6) is -2.45. The van der Waals surface area contributed by atoms with Gasteiger partial charge in [-0.05, 0) is 24.3 Å². The van der Waals surface area contributed by atoms with E-state index in [4.69, 9.17) is 27.9 Å². The van der Waals surface area contributed by atoms with Crippen molar-refractivity contribution in [2.45, 2.75) is 0 Å². The fraction of sp³-hybridized carbons (Fsp3) is 0.0769. The highest BCUT2D eigenvalue weighted by Crippen LogP contribution is 2.23. The Morgan fingerprint density at radius 3 is 2.50 bits per heavy atom. The Morgan fingerprint density at radius 2 is 1.91 bits per heavy atom. The Hall–Kier alpha value is -2.38. The number of furan rings is 1. The molecule has 0 unspecified atom stereocenters. The van der Waals surface area contributed by atoms with Crippen molar-refractivity contribution in [1.82, 2.24) is 0 Å². The summed E-state index contributed by atoms with van der Waals surface area (Å²) in [7, 11) is 0. The van der Waals surface area contributed by atoms with E-state index in [1.165, 1.54) is 18.2 Å². The number of halogens is 2. The minimum absolute atomic E-state index is 0.195. The largest absolute Gasteiger partial charge is 0.451 e. The zero-order valence-electron chi connectivity index (χ0n) is 10.7. The molecule has 0 spiro atoms. The molecular formula is C13H7Cl2NO6. The van der Waals surface area contributed by atoms with E-state index in [2.05, 4.69) is 4.42 Å². The molecule has 0 N–H and O–H groups in total. The van der Waals surface area contributed by atoms with Crippen molar-refractivity contribution in [2.24, 2.45) is 0 Å². The van der Waals surface area contributed by atoms with Gasteiger partial charge in [0.1, 0.15) is 4.92 Å². The molecule has 0 radical (unpaired) electrons. The van der Waals surface area contributed by atoms with Gasteiger partial charge in [-0.1, -0.05) is 23.2 Å². The van der Waals surface area contributed by atoms with Crippen molar-refractivity contribution in [2.75, 3.05) is 6.61 Å². The number of Topliss-reactive ketones (excluding diaryl/α,β-unsaturated/α-hetero) is 1. The van der Waals surface area contributed by atoms with Crippen LogP contribution < -0.4 is 0 Å². The fourth-order valence-electron chi connectivity index (χ4n) is 1.49. The van der Waals surface area contributed by atoms with Crippen LogP contribution in [0, 0.1) is 10.1 Å². The minimum atomic E-state index is -0.985. The number of ketones is 1. The molecule has 0 bridgehead atoms. The SMILES string of the molecule is O=C(COC(=O)c1ccc([N+](=O)[O-])o1)c1ccc(Cl)c(Cl)c1. The second-order valence-corrected chi connectivity index (χ2v) is 4.84. The van der Waals surface area contributed by atoms with Crippen molar-refractivity contribution in [3.05, 3.63) is 61.8 Å². The molecule has 0 saturated carbocycles. The average molecular weight is 344 g/mol. The normalized spacial score (nSPS) is 10.3. The van der Waals surface area contributed by atoms with Gasteiger partial charge < -0.3 is 9.15 Å². The molecule has 2 rings (SSSR count). The van der Waals surface area contributed by atoms with Crippen LogP contribution in [0.3, 0.4) is 0 Å². The fourth-order valence-corrected chi connectivity index (χ4v) is 1.79. The lowest BCUT2D eigenvalue weighted by Gasteiger charge is -2.03. The van der Waals surface area contributed by atoms with Crippen molar-refractivity contribution in [3.8, 4) is 0 Å². The molecule has 114 valence electrons. The van der Waals surface area contributed by atoms with Gasteiger partial charge in [-0.3, -0.25) is 14.9 Å². The predicted molar refractivity (Wildman–Crippen MR) is 76.4 cm³/mol. The topological polar surface area (TPSA) is 99.7 Å². The summed E-state index contributed by atoms with van der Waals surface area (Å²) >= 11 is 11.5. The average Bonchev–Trinajstić information content (AvgIpc) is 2.97. The maximum Gasteiger partial charge on any atom is 0.433 e. The zero-order chi connectivity index (χ0) is 16.3. The quantitative estimate of drug-likeness (QED) is 0.356. The summed E-state index contributed by atoms with van der Waals surface area (Å²) in [5, 5.41) is 10.9. The van der Waals surface area contributed by atoms with Crippen LogP contribution in [0.1, 0.15) is 20.9 Å². The van der Waals surface area contributed by atoms with Gasteiger partial charge in [0, 0.05) is 5.56 Å². The van der Waals surface area contributed by atoms with Crippen molar-refractivity contribution in [1.29, 1.82) is 0 Å². The summed E-state index contributed by atoms with van der Waals surface area (Å²) < 4.78 is 9.38. The number of carbonyl (C=O) groups is 2. The Balaban J connectivity index is 1.99. The number of esters is 1. The maximum absolute atomic E-state index is 11.8. The lowest BCUT2D eigenvalue weighted by atomic mass is 10.1. The van der Waals surface area contributed by atoms with Gasteiger partial charge in [0.2, 0.25) is 5.76 Å². The molecule has 7 nitrogen and oxygen atoms in total. The van der Waals surface area contributed by atoms with Crippen molar-refractivity contribution < 1.29 is 23.7 Å². The van der Waals surface area contributed by atoms with E-state index in [1.54, 1.807) is 0 Å². The third-order valence-electron chi connectivity index (χ3n) is 2.55. The summed E-state index contributed by atoms with van der Waals surface area (Å²) in [4.78, 5) is 33.1. The van der Waals surface area contributed by atoms with Gasteiger partial charge in [0.05, 0.1) is 16.1 Å². The van der Waals surface area contributed by atoms with E-state index >= 15 is 0 Å². The van der Waals surface area contributed by atoms with E-state index in [1.807, 2.05) is 0 Å². The molecule has 0 aliphatic heterocycles. The Labute approximate surface area is 133 Å². The molecule has 0 fully saturated rings. The molecule has 0 saturated heterocycles. The molecule has 1 aromatic carbocycles. The van der Waals surface area contributed by atoms with Crippen LogP contribution in [-0.4, -0.2) is 23.3 Å². The highest BCUT2D eigenvalue weighted by atomic mass is 35.5. The molecule has 1 aromatic heterocycles. The van der Waals surface area contributed by atoms with E-state index < -0.39 is 29.2 Å². The van der Waals surface area contributed by atoms with Crippen LogP contribution in [-0.2, 0) is 4.74 Å². The number of rotatable bonds is 5. The number of hydrogen-bond acceptors (Lipinski definition) is 6. The molecule has 2 aromatic rings. The van der Waals surface area contributed by atoms with Gasteiger partial charge in [-0.2, -0.15) is 0 Å². The van der Waals surface area contributed by atoms with E-state index in [9.17, 15) is 19.7 Å². The van der Waals surface area contributed by atoms with Gasteiger partial charge in [0.25, 0.3) is 0 Å². The highest BCUT2D eigenvalue weighted by molar-refractivity contribution is 6.42. The number of carbonyl (C=O) groups excluding carboxylic acids is 2. The highest BCUT2D eigenvalue weighted by Gasteiger charge is 2.19. The van der Waals surface area contributed by atoms with Gasteiger partial charge >= 0.3 is 11.9 Å². The van der Waals surface area contributed by atoms with E-state index in [0.717, 1.165) is 12.1 Å². The van der Waals surface area contributed by atoms with Gasteiger partial charge in [0.15, 0.2) is 12.4 Å². The third-order valence-corrected chi connectivity index (χ3v) is 3.29. The first-order valence-electron chi connectivity index (χ1n) is 5.78. The van der Waals surface area contributed by atoms with Crippen LogP contribution in [0.4, 0.5) is 5.88 Å². The summed E-state index contributed by atoms with van der Waals surface area (Å²) in [6.07, 6.45) is 0. The van der Waals surface area contributed by atoms with Crippen LogP contribution in [0.25, 0.3) is 0 Å². The number of ether oxygens (including phenoxy) is 1. The molecule has 1 heterocycles. The summed E-state index contributed by atoms with van der Waals surface area (Å²) in [6, 6.07) is 6.32. The first-order valence-corrected chi connectivity index (χ1v) is 6.53. The second kappa shape index (κ2) is 6.59. The first-order chi connectivity index (χ1) is 10.4. The third kappa shape index (κ3) is 3.63. The Bertz CT molecular complexity index is 755. The Kier molecular flexibility index (Phi) is 4.79. The lowest BCUT2D eigenvalue weighted by Crippen LogP contribution is -2.13. The number of nitro groups is 1. The van der Waals surface area contributed by atoms with E-state index in [0.29, 0.717) is 0 Å². The first kappa shape index (κ1) is 16.0. The Morgan fingerprint density at radius 1 is 1.18 bits per heavy atom. The van der Waals surface area contributed by atoms with E-state index in [-0.39, 0.29) is 21.4 Å². The van der Waals surface area contributed by atoms with Gasteiger partial charge in [-0.15, -0.1) is 0 Å². The minimum Gasteiger partial charge on any atom is -0.451 e. The molecule has 22 heavy (non-hydrogen) atoms. The smallest absolute Gasteiger partial charge is 0.433 e. The van der Waals surface area contributed by atoms with Crippen LogP contribution in [0.2, 0.25) is 10.0 Å². The standard InChI is InChI=1S/C13H7Cl2NO6/c14-8-2-1-7(5-9(8)15)10(17)6-21-13(18)11-3-4-12(22-11)16(19)20/h1-5H,6H2. The molecular weight excluding hydrogens is 337 g/mol. The number of benzene rings is 1. The molecule has 0 amide bonds. The maximum atomic E-state index is 11.8. The van der Waals surface area contributed by atoms with Crippen LogP contribution in [0.5, 0.6) is 0 Å². The summed E-state index contributed by atoms with van der Waals surface area (Å²) in [5.41, 5.74) is 0.215. The predicted octanol–water partition coefficient (Wildman–Crippen LogP) is 3.53. The molecule has 9 heteroatoms.